The zero-order valence-electron chi connectivity index (χ0n) is 15.9. The van der Waals surface area contributed by atoms with Gasteiger partial charge in [-0.25, -0.2) is 4.98 Å². The first-order valence-electron chi connectivity index (χ1n) is 9.20. The normalized spacial score (nSPS) is 15.4. The molecule has 4 rings (SSSR count). The lowest BCUT2D eigenvalue weighted by Crippen LogP contribution is -2.38. The largest absolute Gasteiger partial charge is 0.481 e. The molecule has 1 fully saturated rings. The van der Waals surface area contributed by atoms with E-state index >= 15 is 0 Å². The molecule has 0 unspecified atom stereocenters. The molecule has 0 aliphatic carbocycles. The number of anilines is 2. The van der Waals surface area contributed by atoms with Gasteiger partial charge in [0.05, 0.1) is 19.0 Å². The lowest BCUT2D eigenvalue weighted by molar-refractivity contribution is -0.146. The Balaban J connectivity index is 1.41. The first-order valence-corrected chi connectivity index (χ1v) is 9.20. The van der Waals surface area contributed by atoms with Crippen molar-refractivity contribution in [3.05, 3.63) is 36.3 Å². The van der Waals surface area contributed by atoms with Crippen molar-refractivity contribution in [2.24, 2.45) is 5.92 Å². The van der Waals surface area contributed by atoms with Crippen molar-refractivity contribution in [2.75, 3.05) is 30.4 Å². The molecule has 158 valence electrons. The molecular formula is C18H18F3N7O2. The number of carbonyl (C=O) groups is 1. The smallest absolute Gasteiger partial charge is 0.453 e. The lowest BCUT2D eigenvalue weighted by atomic mass is 9.96. The van der Waals surface area contributed by atoms with Gasteiger partial charge in [-0.2, -0.15) is 17.7 Å². The number of halogens is 3. The molecule has 1 aliphatic heterocycles. The minimum absolute atomic E-state index is 0.0217. The van der Waals surface area contributed by atoms with E-state index in [0.29, 0.717) is 47.8 Å². The highest BCUT2D eigenvalue weighted by Gasteiger charge is 2.38. The number of fused-ring (bicyclic) bond motifs is 1. The molecule has 3 aromatic heterocycles. The van der Waals surface area contributed by atoms with Gasteiger partial charge in [0.1, 0.15) is 5.82 Å². The number of hydrogen-bond acceptors (Lipinski definition) is 7. The van der Waals surface area contributed by atoms with Crippen LogP contribution in [0.25, 0.3) is 5.65 Å². The Morgan fingerprint density at radius 1 is 1.17 bits per heavy atom. The fourth-order valence-corrected chi connectivity index (χ4v) is 3.31. The van der Waals surface area contributed by atoms with Crippen LogP contribution in [0.5, 0.6) is 5.88 Å². The highest BCUT2D eigenvalue weighted by Crippen LogP contribution is 2.29. The van der Waals surface area contributed by atoms with Crippen molar-refractivity contribution in [3.8, 4) is 5.88 Å². The zero-order chi connectivity index (χ0) is 21.3. The number of nitrogens with zero attached hydrogens (tertiary/aromatic N) is 6. The van der Waals surface area contributed by atoms with Gasteiger partial charge in [-0.15, -0.1) is 15.3 Å². The summed E-state index contributed by atoms with van der Waals surface area (Å²) < 4.78 is 44.8. The Morgan fingerprint density at radius 3 is 2.57 bits per heavy atom. The molecule has 0 atom stereocenters. The van der Waals surface area contributed by atoms with Crippen LogP contribution in [0.15, 0.2) is 30.5 Å². The van der Waals surface area contributed by atoms with Gasteiger partial charge in [0.25, 0.3) is 5.82 Å². The highest BCUT2D eigenvalue weighted by atomic mass is 19.4. The van der Waals surface area contributed by atoms with Gasteiger partial charge in [-0.3, -0.25) is 4.79 Å². The number of aromatic nitrogens is 5. The van der Waals surface area contributed by atoms with Crippen molar-refractivity contribution >= 4 is 23.1 Å². The molecule has 30 heavy (non-hydrogen) atoms. The predicted molar refractivity (Wildman–Crippen MR) is 100 cm³/mol. The van der Waals surface area contributed by atoms with Crippen molar-refractivity contribution in [1.82, 2.24) is 24.8 Å². The maximum Gasteiger partial charge on any atom is 0.453 e. The standard InChI is InChI=1S/C18H18F3N7O2/c1-30-15-5-2-12(10-22-15)23-16(29)11-6-8-27(9-7-11)14-4-3-13-24-25-17(18(19,20)21)28(13)26-14/h2-5,10-11H,6-9H2,1H3,(H,23,29). The summed E-state index contributed by atoms with van der Waals surface area (Å²) in [6.07, 6.45) is -2.04. The summed E-state index contributed by atoms with van der Waals surface area (Å²) in [5.74, 6) is -0.670. The van der Waals surface area contributed by atoms with Gasteiger partial charge in [0.15, 0.2) is 5.65 Å². The zero-order valence-corrected chi connectivity index (χ0v) is 15.9. The molecule has 1 aliphatic rings. The molecule has 1 N–H and O–H groups in total. The number of alkyl halides is 3. The molecule has 1 amide bonds. The molecule has 4 heterocycles. The lowest BCUT2D eigenvalue weighted by Gasteiger charge is -2.32. The fourth-order valence-electron chi connectivity index (χ4n) is 3.31. The van der Waals surface area contributed by atoms with Crippen LogP contribution >= 0.6 is 0 Å². The van der Waals surface area contributed by atoms with Gasteiger partial charge in [-0.1, -0.05) is 0 Å². The summed E-state index contributed by atoms with van der Waals surface area (Å²) in [5, 5.41) is 13.6. The number of methoxy groups -OCH3 is 1. The molecule has 3 aromatic rings. The summed E-state index contributed by atoms with van der Waals surface area (Å²) in [7, 11) is 1.51. The van der Waals surface area contributed by atoms with E-state index in [4.69, 9.17) is 4.74 Å². The molecule has 1 saturated heterocycles. The van der Waals surface area contributed by atoms with Crippen LogP contribution in [0, 0.1) is 5.92 Å². The molecule has 0 saturated carbocycles. The topological polar surface area (TPSA) is 97.5 Å². The summed E-state index contributed by atoms with van der Waals surface area (Å²) >= 11 is 0. The summed E-state index contributed by atoms with van der Waals surface area (Å²) in [6.45, 7) is 0.974. The van der Waals surface area contributed by atoms with E-state index in [1.165, 1.54) is 19.4 Å². The van der Waals surface area contributed by atoms with Crippen molar-refractivity contribution < 1.29 is 22.7 Å². The molecule has 0 spiro atoms. The SMILES string of the molecule is COc1ccc(NC(=O)C2CCN(c3ccc4nnc(C(F)(F)F)n4n3)CC2)cn1. The van der Waals surface area contributed by atoms with E-state index in [0.717, 1.165) is 0 Å². The molecule has 0 aromatic carbocycles. The minimum Gasteiger partial charge on any atom is -0.481 e. The third-order valence-corrected chi connectivity index (χ3v) is 4.91. The van der Waals surface area contributed by atoms with Crippen LogP contribution in [-0.2, 0) is 11.0 Å². The minimum atomic E-state index is -4.65. The van der Waals surface area contributed by atoms with Crippen LogP contribution in [0.3, 0.4) is 0 Å². The van der Waals surface area contributed by atoms with E-state index in [9.17, 15) is 18.0 Å². The van der Waals surface area contributed by atoms with Crippen molar-refractivity contribution in [3.63, 3.8) is 0 Å². The van der Waals surface area contributed by atoms with E-state index < -0.39 is 12.0 Å². The van der Waals surface area contributed by atoms with E-state index in [1.807, 2.05) is 4.90 Å². The van der Waals surface area contributed by atoms with Gasteiger partial charge < -0.3 is 15.0 Å². The Morgan fingerprint density at radius 2 is 1.93 bits per heavy atom. The van der Waals surface area contributed by atoms with Crippen LogP contribution in [0.1, 0.15) is 18.7 Å². The maximum atomic E-state index is 13.1. The average molecular weight is 421 g/mol. The van der Waals surface area contributed by atoms with Gasteiger partial charge in [-0.05, 0) is 31.0 Å². The van der Waals surface area contributed by atoms with Crippen molar-refractivity contribution in [2.45, 2.75) is 19.0 Å². The first-order chi connectivity index (χ1) is 14.3. The van der Waals surface area contributed by atoms with Crippen LogP contribution in [-0.4, -0.2) is 50.9 Å². The third-order valence-electron chi connectivity index (χ3n) is 4.91. The Kier molecular flexibility index (Phi) is 5.14. The number of carbonyl (C=O) groups excluding carboxylic acids is 1. The number of amides is 1. The van der Waals surface area contributed by atoms with Gasteiger partial charge in [0.2, 0.25) is 11.8 Å². The van der Waals surface area contributed by atoms with Crippen LogP contribution in [0.4, 0.5) is 24.7 Å². The van der Waals surface area contributed by atoms with E-state index in [-0.39, 0.29) is 17.5 Å². The number of piperidine rings is 1. The Labute approximate surface area is 168 Å². The predicted octanol–water partition coefficient (Wildman–Crippen LogP) is 2.40. The van der Waals surface area contributed by atoms with Crippen molar-refractivity contribution in [1.29, 1.82) is 0 Å². The highest BCUT2D eigenvalue weighted by molar-refractivity contribution is 5.92. The summed E-state index contributed by atoms with van der Waals surface area (Å²) in [6, 6.07) is 6.41. The molecular weight excluding hydrogens is 403 g/mol. The third kappa shape index (κ3) is 3.98. The molecule has 0 bridgehead atoms. The van der Waals surface area contributed by atoms with Gasteiger partial charge >= 0.3 is 6.18 Å². The summed E-state index contributed by atoms with van der Waals surface area (Å²) in [4.78, 5) is 18.4. The average Bonchev–Trinajstić information content (AvgIpc) is 3.18. The Hall–Kier alpha value is -3.44. The second-order valence-corrected chi connectivity index (χ2v) is 6.82. The van der Waals surface area contributed by atoms with Gasteiger partial charge in [0, 0.05) is 25.1 Å². The van der Waals surface area contributed by atoms with E-state index in [2.05, 4.69) is 25.6 Å². The molecule has 12 heteroatoms. The molecule has 0 radical (unpaired) electrons. The van der Waals surface area contributed by atoms with E-state index in [1.54, 1.807) is 18.2 Å². The molecule has 9 nitrogen and oxygen atoms in total. The number of pyridine rings is 1. The van der Waals surface area contributed by atoms with Crippen LogP contribution in [0.2, 0.25) is 0 Å². The number of nitrogens with one attached hydrogen (secondary N) is 1. The summed E-state index contributed by atoms with van der Waals surface area (Å²) in [5.41, 5.74) is 0.594. The quantitative estimate of drug-likeness (QED) is 0.691. The number of ether oxygens (including phenoxy) is 1. The monoisotopic (exact) mass is 421 g/mol. The van der Waals surface area contributed by atoms with Crippen LogP contribution < -0.4 is 15.0 Å². The first kappa shape index (κ1) is 19.9. The number of rotatable bonds is 4. The maximum absolute atomic E-state index is 13.1. The second-order valence-electron chi connectivity index (χ2n) is 6.82. The fraction of sp³-hybridized carbons (Fsp3) is 0.389. The number of hydrogen-bond donors (Lipinski definition) is 1. The Bertz CT molecular complexity index is 1040. The second kappa shape index (κ2) is 7.76.